The molecule has 6 heteroatoms. The van der Waals surface area contributed by atoms with Crippen molar-refractivity contribution in [3.05, 3.63) is 29.3 Å². The van der Waals surface area contributed by atoms with Gasteiger partial charge >= 0.3 is 0 Å². The molecule has 0 radical (unpaired) electrons. The third-order valence-corrected chi connectivity index (χ3v) is 3.63. The van der Waals surface area contributed by atoms with E-state index in [4.69, 9.17) is 10.8 Å². The number of rotatable bonds is 4. The van der Waals surface area contributed by atoms with E-state index in [0.29, 0.717) is 31.7 Å². The zero-order chi connectivity index (χ0) is 14.5. The number of aliphatic hydroxyl groups is 1. The van der Waals surface area contributed by atoms with Crippen LogP contribution in [-0.4, -0.2) is 49.3 Å². The number of halogens is 2. The molecular formula is C14H21F2N3O. The Morgan fingerprint density at radius 2 is 1.80 bits per heavy atom. The summed E-state index contributed by atoms with van der Waals surface area (Å²) in [5.74, 6) is -1.11. The Bertz CT molecular complexity index is 433. The van der Waals surface area contributed by atoms with Crippen molar-refractivity contribution < 1.29 is 13.9 Å². The van der Waals surface area contributed by atoms with E-state index in [9.17, 15) is 8.78 Å². The molecule has 0 atom stereocenters. The van der Waals surface area contributed by atoms with E-state index in [-0.39, 0.29) is 18.8 Å². The van der Waals surface area contributed by atoms with E-state index in [2.05, 4.69) is 4.90 Å². The summed E-state index contributed by atoms with van der Waals surface area (Å²) in [5.41, 5.74) is 5.91. The minimum atomic E-state index is -0.555. The molecule has 0 aliphatic carbocycles. The molecule has 0 amide bonds. The molecule has 1 aromatic carbocycles. The SMILES string of the molecule is NCc1cc(F)c(N2CCCN(CCO)CC2)c(F)c1. The second kappa shape index (κ2) is 6.97. The average Bonchev–Trinajstić information content (AvgIpc) is 2.64. The molecule has 0 unspecified atom stereocenters. The Morgan fingerprint density at radius 1 is 1.10 bits per heavy atom. The number of aliphatic hydroxyl groups excluding tert-OH is 1. The molecule has 20 heavy (non-hydrogen) atoms. The van der Waals surface area contributed by atoms with Crippen molar-refractivity contribution in [1.82, 2.24) is 4.90 Å². The van der Waals surface area contributed by atoms with Crippen LogP contribution >= 0.6 is 0 Å². The highest BCUT2D eigenvalue weighted by Gasteiger charge is 2.21. The van der Waals surface area contributed by atoms with E-state index in [1.165, 1.54) is 12.1 Å². The van der Waals surface area contributed by atoms with Gasteiger partial charge in [-0.1, -0.05) is 0 Å². The molecule has 1 aromatic rings. The minimum Gasteiger partial charge on any atom is -0.395 e. The van der Waals surface area contributed by atoms with E-state index < -0.39 is 11.6 Å². The van der Waals surface area contributed by atoms with E-state index >= 15 is 0 Å². The van der Waals surface area contributed by atoms with Gasteiger partial charge in [0.1, 0.15) is 17.3 Å². The third kappa shape index (κ3) is 3.45. The summed E-state index contributed by atoms with van der Waals surface area (Å²) in [6.07, 6.45) is 0.817. The summed E-state index contributed by atoms with van der Waals surface area (Å²) in [6, 6.07) is 2.60. The summed E-state index contributed by atoms with van der Waals surface area (Å²) in [5, 5.41) is 8.95. The molecule has 0 saturated carbocycles. The molecule has 1 heterocycles. The smallest absolute Gasteiger partial charge is 0.149 e. The number of nitrogens with zero attached hydrogens (tertiary/aromatic N) is 2. The van der Waals surface area contributed by atoms with Crippen molar-refractivity contribution >= 4 is 5.69 Å². The molecule has 1 fully saturated rings. The van der Waals surface area contributed by atoms with Gasteiger partial charge in [0.2, 0.25) is 0 Å². The predicted molar refractivity (Wildman–Crippen MR) is 74.6 cm³/mol. The lowest BCUT2D eigenvalue weighted by molar-refractivity contribution is 0.204. The van der Waals surface area contributed by atoms with Crippen LogP contribution < -0.4 is 10.6 Å². The van der Waals surface area contributed by atoms with E-state index in [1.807, 2.05) is 0 Å². The first-order chi connectivity index (χ1) is 9.65. The maximum Gasteiger partial charge on any atom is 0.149 e. The first-order valence-corrected chi connectivity index (χ1v) is 6.92. The standard InChI is InChI=1S/C14H21F2N3O/c15-12-8-11(10-17)9-13(16)14(12)19-3-1-2-18(4-5-19)6-7-20/h8-9,20H,1-7,10,17H2. The molecule has 0 bridgehead atoms. The van der Waals surface area contributed by atoms with Gasteiger partial charge in [0.15, 0.2) is 0 Å². The fourth-order valence-electron chi connectivity index (χ4n) is 2.60. The predicted octanol–water partition coefficient (Wildman–Crippen LogP) is 0.928. The number of benzene rings is 1. The Labute approximate surface area is 117 Å². The van der Waals surface area contributed by atoms with Crippen molar-refractivity contribution in [2.45, 2.75) is 13.0 Å². The van der Waals surface area contributed by atoms with Crippen LogP contribution in [0.3, 0.4) is 0 Å². The zero-order valence-corrected chi connectivity index (χ0v) is 11.5. The molecule has 1 aliphatic rings. The van der Waals surface area contributed by atoms with Gasteiger partial charge in [-0.05, 0) is 30.7 Å². The molecule has 0 aromatic heterocycles. The lowest BCUT2D eigenvalue weighted by Gasteiger charge is -2.24. The van der Waals surface area contributed by atoms with Crippen molar-refractivity contribution in [2.24, 2.45) is 5.73 Å². The maximum atomic E-state index is 14.1. The Kier molecular flexibility index (Phi) is 5.28. The van der Waals surface area contributed by atoms with Crippen LogP contribution in [0.15, 0.2) is 12.1 Å². The quantitative estimate of drug-likeness (QED) is 0.864. The maximum absolute atomic E-state index is 14.1. The Hall–Kier alpha value is -1.24. The van der Waals surface area contributed by atoms with Gasteiger partial charge in [-0.3, -0.25) is 4.90 Å². The van der Waals surface area contributed by atoms with Crippen molar-refractivity contribution in [3.8, 4) is 0 Å². The summed E-state index contributed by atoms with van der Waals surface area (Å²) < 4.78 is 28.1. The lowest BCUT2D eigenvalue weighted by atomic mass is 10.1. The molecule has 4 nitrogen and oxygen atoms in total. The largest absolute Gasteiger partial charge is 0.395 e. The van der Waals surface area contributed by atoms with Gasteiger partial charge in [-0.15, -0.1) is 0 Å². The number of hydrogen-bond acceptors (Lipinski definition) is 4. The Morgan fingerprint density at radius 3 is 2.40 bits per heavy atom. The summed E-state index contributed by atoms with van der Waals surface area (Å²) in [4.78, 5) is 3.84. The molecule has 3 N–H and O–H groups in total. The zero-order valence-electron chi connectivity index (χ0n) is 11.5. The van der Waals surface area contributed by atoms with Gasteiger partial charge in [0, 0.05) is 32.7 Å². The average molecular weight is 285 g/mol. The molecule has 2 rings (SSSR count). The topological polar surface area (TPSA) is 52.7 Å². The van der Waals surface area contributed by atoms with Gasteiger partial charge in [-0.25, -0.2) is 8.78 Å². The van der Waals surface area contributed by atoms with Crippen LogP contribution in [0.25, 0.3) is 0 Å². The summed E-state index contributed by atoms with van der Waals surface area (Å²) >= 11 is 0. The van der Waals surface area contributed by atoms with Crippen LogP contribution in [0, 0.1) is 11.6 Å². The highest BCUT2D eigenvalue weighted by Crippen LogP contribution is 2.26. The molecular weight excluding hydrogens is 264 g/mol. The van der Waals surface area contributed by atoms with Crippen LogP contribution in [0.1, 0.15) is 12.0 Å². The number of β-amino-alcohol motifs (C(OH)–C–C–N with tert-alkyl or cyclic N) is 1. The monoisotopic (exact) mass is 285 g/mol. The number of nitrogens with two attached hydrogens (primary N) is 1. The molecule has 0 spiro atoms. The third-order valence-electron chi connectivity index (χ3n) is 3.63. The Balaban J connectivity index is 2.15. The number of hydrogen-bond donors (Lipinski definition) is 2. The summed E-state index contributed by atoms with van der Waals surface area (Å²) in [7, 11) is 0. The van der Waals surface area contributed by atoms with Gasteiger partial charge in [0.25, 0.3) is 0 Å². The van der Waals surface area contributed by atoms with E-state index in [1.54, 1.807) is 4.90 Å². The molecule has 1 saturated heterocycles. The lowest BCUT2D eigenvalue weighted by Crippen LogP contribution is -2.33. The highest BCUT2D eigenvalue weighted by molar-refractivity contribution is 5.51. The van der Waals surface area contributed by atoms with Crippen molar-refractivity contribution in [1.29, 1.82) is 0 Å². The fraction of sp³-hybridized carbons (Fsp3) is 0.571. The van der Waals surface area contributed by atoms with Crippen molar-refractivity contribution in [3.63, 3.8) is 0 Å². The first-order valence-electron chi connectivity index (χ1n) is 6.92. The number of anilines is 1. The second-order valence-electron chi connectivity index (χ2n) is 5.02. The molecule has 112 valence electrons. The van der Waals surface area contributed by atoms with Crippen LogP contribution in [0.5, 0.6) is 0 Å². The second-order valence-corrected chi connectivity index (χ2v) is 5.02. The van der Waals surface area contributed by atoms with Crippen LogP contribution in [-0.2, 0) is 6.54 Å². The molecule has 1 aliphatic heterocycles. The summed E-state index contributed by atoms with van der Waals surface area (Å²) in [6.45, 7) is 3.52. The fourth-order valence-corrected chi connectivity index (χ4v) is 2.60. The highest BCUT2D eigenvalue weighted by atomic mass is 19.1. The van der Waals surface area contributed by atoms with E-state index in [0.717, 1.165) is 13.0 Å². The van der Waals surface area contributed by atoms with Crippen LogP contribution in [0.4, 0.5) is 14.5 Å². The van der Waals surface area contributed by atoms with Gasteiger partial charge < -0.3 is 15.7 Å². The van der Waals surface area contributed by atoms with Crippen molar-refractivity contribution in [2.75, 3.05) is 44.2 Å². The first kappa shape index (κ1) is 15.2. The minimum absolute atomic E-state index is 0.0352. The normalized spacial score (nSPS) is 17.3. The van der Waals surface area contributed by atoms with Gasteiger partial charge in [-0.2, -0.15) is 0 Å². The van der Waals surface area contributed by atoms with Crippen LogP contribution in [0.2, 0.25) is 0 Å². The van der Waals surface area contributed by atoms with Gasteiger partial charge in [0.05, 0.1) is 6.61 Å².